The predicted molar refractivity (Wildman–Crippen MR) is 109 cm³/mol. The average molecular weight is 406 g/mol. The number of rotatable bonds is 5. The van der Waals surface area contributed by atoms with Crippen LogP contribution in [0, 0.1) is 6.92 Å². The van der Waals surface area contributed by atoms with Crippen molar-refractivity contribution < 1.29 is 14.3 Å². The lowest BCUT2D eigenvalue weighted by molar-refractivity contribution is -0.121. The van der Waals surface area contributed by atoms with Crippen LogP contribution in [0.2, 0.25) is 0 Å². The van der Waals surface area contributed by atoms with Gasteiger partial charge in [0, 0.05) is 18.2 Å². The van der Waals surface area contributed by atoms with Crippen LogP contribution >= 0.6 is 0 Å². The van der Waals surface area contributed by atoms with Gasteiger partial charge in [-0.2, -0.15) is 0 Å². The van der Waals surface area contributed by atoms with Gasteiger partial charge < -0.3 is 15.4 Å². The minimum absolute atomic E-state index is 0.00884. The van der Waals surface area contributed by atoms with E-state index in [1.54, 1.807) is 23.0 Å². The first-order chi connectivity index (χ1) is 14.5. The van der Waals surface area contributed by atoms with E-state index < -0.39 is 17.9 Å². The number of benzene rings is 1. The van der Waals surface area contributed by atoms with Crippen LogP contribution in [0.25, 0.3) is 17.1 Å². The van der Waals surface area contributed by atoms with Crippen molar-refractivity contribution in [2.24, 2.45) is 5.73 Å². The Balaban J connectivity index is 1.78. The molecule has 2 N–H and O–H groups in total. The molecule has 4 rings (SSSR count). The Morgan fingerprint density at radius 3 is 2.57 bits per heavy atom. The molecule has 0 radical (unpaired) electrons. The number of methoxy groups -OCH3 is 1. The lowest BCUT2D eigenvalue weighted by atomic mass is 10.1. The number of primary amides is 1. The molecule has 0 aliphatic carbocycles. The summed E-state index contributed by atoms with van der Waals surface area (Å²) in [7, 11) is 1.54. The zero-order chi connectivity index (χ0) is 21.3. The summed E-state index contributed by atoms with van der Waals surface area (Å²) in [5.74, 6) is 0.0476. The fraction of sp³-hybridized carbons (Fsp3) is 0.286. The number of nitrogens with two attached hydrogens (primary N) is 1. The first-order valence-corrected chi connectivity index (χ1v) is 9.62. The third-order valence-corrected chi connectivity index (χ3v) is 5.12. The number of carbonyl (C=O) groups is 2. The molecule has 1 unspecified atom stereocenters. The Morgan fingerprint density at radius 2 is 1.93 bits per heavy atom. The van der Waals surface area contributed by atoms with E-state index in [2.05, 4.69) is 15.1 Å². The van der Waals surface area contributed by atoms with Crippen LogP contribution in [0.3, 0.4) is 0 Å². The molecule has 0 bridgehead atoms. The molecule has 9 heteroatoms. The molecule has 1 aromatic carbocycles. The summed E-state index contributed by atoms with van der Waals surface area (Å²) < 4.78 is 6.69. The average Bonchev–Trinajstić information content (AvgIpc) is 3.42. The molecular formula is C21H22N6O3. The van der Waals surface area contributed by atoms with Crippen molar-refractivity contribution >= 4 is 11.8 Å². The van der Waals surface area contributed by atoms with Crippen LogP contribution < -0.4 is 10.5 Å². The molecule has 0 saturated carbocycles. The van der Waals surface area contributed by atoms with Gasteiger partial charge in [0.15, 0.2) is 5.82 Å². The molecule has 2 aromatic heterocycles. The van der Waals surface area contributed by atoms with Gasteiger partial charge in [-0.25, -0.2) is 14.6 Å². The van der Waals surface area contributed by atoms with Crippen LogP contribution in [-0.4, -0.2) is 56.2 Å². The summed E-state index contributed by atoms with van der Waals surface area (Å²) in [6.45, 7) is 2.44. The van der Waals surface area contributed by atoms with Crippen molar-refractivity contribution in [1.29, 1.82) is 0 Å². The molecule has 0 spiro atoms. The van der Waals surface area contributed by atoms with Crippen LogP contribution in [-0.2, 0) is 4.79 Å². The molecule has 9 nitrogen and oxygen atoms in total. The third-order valence-electron chi connectivity index (χ3n) is 5.12. The number of likely N-dealkylation sites (tertiary alicyclic amines) is 1. The zero-order valence-corrected chi connectivity index (χ0v) is 16.8. The molecule has 1 aliphatic heterocycles. The van der Waals surface area contributed by atoms with Crippen molar-refractivity contribution in [3.05, 3.63) is 54.0 Å². The second-order valence-corrected chi connectivity index (χ2v) is 7.15. The molecule has 1 saturated heterocycles. The standard InChI is InChI=1S/C21H22N6O3/c1-13-5-7-14(8-6-13)20-24-19(21(29)26-11-3-4-16(26)18(22)28)25-27(20)15-9-10-17(30-2)23-12-15/h5-10,12,16H,3-4,11H2,1-2H3,(H2,22,28). The van der Waals surface area contributed by atoms with Gasteiger partial charge in [-0.15, -0.1) is 5.10 Å². The van der Waals surface area contributed by atoms with E-state index >= 15 is 0 Å². The van der Waals surface area contributed by atoms with Gasteiger partial charge in [-0.05, 0) is 25.8 Å². The second kappa shape index (κ2) is 7.94. The van der Waals surface area contributed by atoms with Gasteiger partial charge >= 0.3 is 0 Å². The first kappa shape index (κ1) is 19.6. The molecule has 3 aromatic rings. The van der Waals surface area contributed by atoms with E-state index in [0.29, 0.717) is 36.8 Å². The highest BCUT2D eigenvalue weighted by atomic mass is 16.5. The Kier molecular flexibility index (Phi) is 5.18. The number of pyridine rings is 1. The summed E-state index contributed by atoms with van der Waals surface area (Å²) in [5.41, 5.74) is 8.00. The topological polar surface area (TPSA) is 116 Å². The fourth-order valence-corrected chi connectivity index (χ4v) is 3.52. The normalized spacial score (nSPS) is 15.9. The maximum atomic E-state index is 13.1. The van der Waals surface area contributed by atoms with Crippen molar-refractivity contribution in [1.82, 2.24) is 24.6 Å². The van der Waals surface area contributed by atoms with E-state index in [0.717, 1.165) is 11.1 Å². The number of carbonyl (C=O) groups excluding carboxylic acids is 2. The largest absolute Gasteiger partial charge is 0.481 e. The highest BCUT2D eigenvalue weighted by molar-refractivity contribution is 5.95. The van der Waals surface area contributed by atoms with E-state index in [1.165, 1.54) is 12.0 Å². The predicted octanol–water partition coefficient (Wildman–Crippen LogP) is 1.74. The molecule has 1 atom stereocenters. The smallest absolute Gasteiger partial charge is 0.294 e. The Labute approximate surface area is 173 Å². The molecule has 154 valence electrons. The monoisotopic (exact) mass is 406 g/mol. The number of nitrogens with zero attached hydrogens (tertiary/aromatic N) is 5. The molecular weight excluding hydrogens is 384 g/mol. The van der Waals surface area contributed by atoms with Gasteiger partial charge in [-0.3, -0.25) is 9.59 Å². The SMILES string of the molecule is COc1ccc(-n2nc(C(=O)N3CCCC3C(N)=O)nc2-c2ccc(C)cc2)cn1. The number of hydrogen-bond acceptors (Lipinski definition) is 6. The zero-order valence-electron chi connectivity index (χ0n) is 16.8. The summed E-state index contributed by atoms with van der Waals surface area (Å²) in [5, 5.41) is 4.45. The van der Waals surface area contributed by atoms with Gasteiger partial charge in [-0.1, -0.05) is 29.8 Å². The first-order valence-electron chi connectivity index (χ1n) is 9.62. The van der Waals surface area contributed by atoms with Crippen molar-refractivity contribution in [2.75, 3.05) is 13.7 Å². The van der Waals surface area contributed by atoms with Gasteiger partial charge in [0.05, 0.1) is 19.0 Å². The van der Waals surface area contributed by atoms with Gasteiger partial charge in [0.2, 0.25) is 17.6 Å². The van der Waals surface area contributed by atoms with Gasteiger partial charge in [0.1, 0.15) is 6.04 Å². The van der Waals surface area contributed by atoms with Crippen LogP contribution in [0.1, 0.15) is 29.0 Å². The molecule has 30 heavy (non-hydrogen) atoms. The summed E-state index contributed by atoms with van der Waals surface area (Å²) in [4.78, 5) is 35.0. The quantitative estimate of drug-likeness (QED) is 0.690. The third kappa shape index (κ3) is 3.61. The number of hydrogen-bond donors (Lipinski definition) is 1. The maximum absolute atomic E-state index is 13.1. The number of aryl methyl sites for hydroxylation is 1. The van der Waals surface area contributed by atoms with E-state index in [-0.39, 0.29) is 5.82 Å². The number of aromatic nitrogens is 4. The van der Waals surface area contributed by atoms with Crippen LogP contribution in [0.4, 0.5) is 0 Å². The summed E-state index contributed by atoms with van der Waals surface area (Å²) in [6, 6.07) is 10.6. The van der Waals surface area contributed by atoms with E-state index in [9.17, 15) is 9.59 Å². The fourth-order valence-electron chi connectivity index (χ4n) is 3.52. The highest BCUT2D eigenvalue weighted by Gasteiger charge is 2.35. The number of ether oxygens (including phenoxy) is 1. The Morgan fingerprint density at radius 1 is 1.17 bits per heavy atom. The lowest BCUT2D eigenvalue weighted by Gasteiger charge is -2.20. The molecule has 1 aliphatic rings. The Bertz CT molecular complexity index is 1080. The second-order valence-electron chi connectivity index (χ2n) is 7.15. The van der Waals surface area contributed by atoms with E-state index in [1.807, 2.05) is 31.2 Å². The van der Waals surface area contributed by atoms with Crippen LogP contribution in [0.15, 0.2) is 42.6 Å². The molecule has 2 amide bonds. The van der Waals surface area contributed by atoms with Crippen LogP contribution in [0.5, 0.6) is 5.88 Å². The lowest BCUT2D eigenvalue weighted by Crippen LogP contribution is -2.44. The Hall–Kier alpha value is -3.75. The number of amides is 2. The molecule has 1 fully saturated rings. The highest BCUT2D eigenvalue weighted by Crippen LogP contribution is 2.24. The van der Waals surface area contributed by atoms with Crippen molar-refractivity contribution in [3.8, 4) is 23.0 Å². The minimum atomic E-state index is -0.630. The summed E-state index contributed by atoms with van der Waals surface area (Å²) >= 11 is 0. The van der Waals surface area contributed by atoms with E-state index in [4.69, 9.17) is 10.5 Å². The maximum Gasteiger partial charge on any atom is 0.294 e. The van der Waals surface area contributed by atoms with Crippen molar-refractivity contribution in [3.63, 3.8) is 0 Å². The summed E-state index contributed by atoms with van der Waals surface area (Å²) in [6.07, 6.45) is 2.86. The van der Waals surface area contributed by atoms with Crippen molar-refractivity contribution in [2.45, 2.75) is 25.8 Å². The minimum Gasteiger partial charge on any atom is -0.481 e. The molecule has 3 heterocycles. The van der Waals surface area contributed by atoms with Gasteiger partial charge in [0.25, 0.3) is 5.91 Å².